The lowest BCUT2D eigenvalue weighted by Crippen LogP contribution is -2.21. The first-order chi connectivity index (χ1) is 15.2. The van der Waals surface area contributed by atoms with Crippen LogP contribution in [0.15, 0.2) is 64.2 Å². The summed E-state index contributed by atoms with van der Waals surface area (Å²) in [6.07, 6.45) is 7.70. The van der Waals surface area contributed by atoms with Gasteiger partial charge in [0.1, 0.15) is 17.4 Å². The average Bonchev–Trinajstić information content (AvgIpc) is 3.41. The van der Waals surface area contributed by atoms with Crippen molar-refractivity contribution in [1.29, 1.82) is 5.26 Å². The van der Waals surface area contributed by atoms with E-state index in [1.807, 2.05) is 30.3 Å². The van der Waals surface area contributed by atoms with E-state index in [1.165, 1.54) is 22.9 Å². The lowest BCUT2D eigenvalue weighted by molar-refractivity contribution is 0.583. The largest absolute Gasteiger partial charge is 0.404 e. The van der Waals surface area contributed by atoms with Crippen molar-refractivity contribution in [2.45, 2.75) is 31.3 Å². The number of aromatic nitrogens is 4. The maximum atomic E-state index is 12.1. The molecule has 2 atom stereocenters. The number of hydrogen-bond acceptors (Lipinski definition) is 8. The first kappa shape index (κ1) is 18.8. The average molecular weight is 413 g/mol. The Morgan fingerprint density at radius 2 is 1.97 bits per heavy atom. The van der Waals surface area contributed by atoms with Gasteiger partial charge in [-0.3, -0.25) is 9.36 Å². The minimum Gasteiger partial charge on any atom is -0.404 e. The summed E-state index contributed by atoms with van der Waals surface area (Å²) >= 11 is 0. The van der Waals surface area contributed by atoms with Crippen LogP contribution >= 0.6 is 0 Å². The number of rotatable bonds is 5. The Hall–Kier alpha value is -4.19. The third-order valence-corrected chi connectivity index (χ3v) is 5.34. The van der Waals surface area contributed by atoms with Crippen molar-refractivity contribution < 1.29 is 4.42 Å². The standard InChI is InChI=1S/C22H19N7O2/c23-11-14-3-8-20(30)29(13-14)17-6-7-19(25-12-17)26-15-4-5-16(10-15)27-22-28-18-2-1-9-24-21(18)31-22/h1-3,6-9,12-13,15-16H,4-5,10H2,(H,25,26)(H,27,28)/t15-,16-/m0/s1. The van der Waals surface area contributed by atoms with Gasteiger partial charge >= 0.3 is 0 Å². The molecule has 154 valence electrons. The minimum atomic E-state index is -0.208. The Morgan fingerprint density at radius 3 is 2.74 bits per heavy atom. The van der Waals surface area contributed by atoms with E-state index in [0.29, 0.717) is 23.0 Å². The van der Waals surface area contributed by atoms with Crippen LogP contribution in [0.25, 0.3) is 16.9 Å². The maximum absolute atomic E-state index is 12.1. The van der Waals surface area contributed by atoms with Crippen LogP contribution in [0.2, 0.25) is 0 Å². The van der Waals surface area contributed by atoms with Gasteiger partial charge in [0.15, 0.2) is 0 Å². The van der Waals surface area contributed by atoms with Crippen LogP contribution in [-0.4, -0.2) is 31.6 Å². The Kier molecular flexibility index (Phi) is 4.80. The van der Waals surface area contributed by atoms with E-state index >= 15 is 0 Å². The Bertz CT molecular complexity index is 1290. The molecule has 4 heterocycles. The molecule has 4 aromatic rings. The molecule has 0 bridgehead atoms. The minimum absolute atomic E-state index is 0.208. The second-order valence-electron chi connectivity index (χ2n) is 7.48. The topological polar surface area (TPSA) is 122 Å². The second-order valence-corrected chi connectivity index (χ2v) is 7.48. The highest BCUT2D eigenvalue weighted by molar-refractivity contribution is 5.69. The second kappa shape index (κ2) is 7.91. The quantitative estimate of drug-likeness (QED) is 0.512. The van der Waals surface area contributed by atoms with Gasteiger partial charge in [-0.05, 0) is 49.6 Å². The summed E-state index contributed by atoms with van der Waals surface area (Å²) in [4.78, 5) is 25.1. The van der Waals surface area contributed by atoms with Crippen molar-refractivity contribution in [3.05, 3.63) is 70.9 Å². The van der Waals surface area contributed by atoms with Crippen LogP contribution in [0.1, 0.15) is 24.8 Å². The summed E-state index contributed by atoms with van der Waals surface area (Å²) in [6.45, 7) is 0. The number of oxazole rings is 1. The van der Waals surface area contributed by atoms with E-state index in [9.17, 15) is 4.79 Å². The Balaban J connectivity index is 1.22. The van der Waals surface area contributed by atoms with Crippen LogP contribution in [-0.2, 0) is 0 Å². The van der Waals surface area contributed by atoms with E-state index in [4.69, 9.17) is 9.68 Å². The molecule has 5 rings (SSSR count). The lowest BCUT2D eigenvalue weighted by Gasteiger charge is -2.15. The molecule has 0 aromatic carbocycles. The van der Waals surface area contributed by atoms with Crippen molar-refractivity contribution in [3.63, 3.8) is 0 Å². The highest BCUT2D eigenvalue weighted by atomic mass is 16.4. The van der Waals surface area contributed by atoms with Gasteiger partial charge in [-0.1, -0.05) is 0 Å². The first-order valence-corrected chi connectivity index (χ1v) is 10.0. The molecule has 1 saturated carbocycles. The van der Waals surface area contributed by atoms with Gasteiger partial charge in [0.2, 0.25) is 5.71 Å². The van der Waals surface area contributed by atoms with E-state index in [-0.39, 0.29) is 17.6 Å². The molecule has 1 aliphatic rings. The number of fused-ring (bicyclic) bond motifs is 1. The molecule has 9 nitrogen and oxygen atoms in total. The molecule has 0 spiro atoms. The fourth-order valence-corrected chi connectivity index (χ4v) is 3.83. The molecule has 1 aliphatic carbocycles. The van der Waals surface area contributed by atoms with E-state index < -0.39 is 0 Å². The summed E-state index contributed by atoms with van der Waals surface area (Å²) in [5.41, 5.74) is 2.09. The normalized spacial score (nSPS) is 18.0. The molecule has 0 saturated heterocycles. The molecule has 0 aliphatic heterocycles. The third kappa shape index (κ3) is 3.96. The van der Waals surface area contributed by atoms with Gasteiger partial charge in [-0.25, -0.2) is 9.97 Å². The zero-order valence-corrected chi connectivity index (χ0v) is 16.5. The number of nitrogens with zero attached hydrogens (tertiary/aromatic N) is 5. The molecule has 0 radical (unpaired) electrons. The van der Waals surface area contributed by atoms with Crippen LogP contribution in [0.5, 0.6) is 0 Å². The molecular weight excluding hydrogens is 394 g/mol. The van der Waals surface area contributed by atoms with Crippen molar-refractivity contribution in [2.75, 3.05) is 10.6 Å². The smallest absolute Gasteiger partial charge is 0.297 e. The fourth-order valence-electron chi connectivity index (χ4n) is 3.83. The molecule has 9 heteroatoms. The zero-order valence-electron chi connectivity index (χ0n) is 16.5. The number of nitrogens with one attached hydrogen (secondary N) is 2. The summed E-state index contributed by atoms with van der Waals surface area (Å²) in [5, 5.41) is 15.8. The summed E-state index contributed by atoms with van der Waals surface area (Å²) in [7, 11) is 0. The van der Waals surface area contributed by atoms with Crippen molar-refractivity contribution in [3.8, 4) is 11.8 Å². The molecule has 4 aromatic heterocycles. The van der Waals surface area contributed by atoms with Gasteiger partial charge < -0.3 is 15.1 Å². The maximum Gasteiger partial charge on any atom is 0.297 e. The van der Waals surface area contributed by atoms with Gasteiger partial charge in [0.05, 0.1) is 17.4 Å². The van der Waals surface area contributed by atoms with Gasteiger partial charge in [0.25, 0.3) is 11.6 Å². The van der Waals surface area contributed by atoms with Crippen LogP contribution in [0.4, 0.5) is 11.8 Å². The highest BCUT2D eigenvalue weighted by Crippen LogP contribution is 2.26. The first-order valence-electron chi connectivity index (χ1n) is 10.0. The Labute approximate surface area is 177 Å². The van der Waals surface area contributed by atoms with Crippen molar-refractivity contribution >= 4 is 23.1 Å². The predicted octanol–water partition coefficient (Wildman–Crippen LogP) is 3.09. The molecule has 0 unspecified atom stereocenters. The monoisotopic (exact) mass is 413 g/mol. The van der Waals surface area contributed by atoms with Gasteiger partial charge in [0, 0.05) is 30.5 Å². The Morgan fingerprint density at radius 1 is 1.10 bits per heavy atom. The van der Waals surface area contributed by atoms with Crippen LogP contribution in [0, 0.1) is 11.3 Å². The van der Waals surface area contributed by atoms with Gasteiger partial charge in [-0.15, -0.1) is 0 Å². The number of anilines is 2. The van der Waals surface area contributed by atoms with Crippen LogP contribution in [0.3, 0.4) is 0 Å². The third-order valence-electron chi connectivity index (χ3n) is 5.34. The SMILES string of the molecule is N#Cc1ccc(=O)n(-c2ccc(N[C@H]3CC[C@H](Nc4nc5cccnc5o4)C3)nc2)c1. The van der Waals surface area contributed by atoms with E-state index in [2.05, 4.69) is 25.6 Å². The van der Waals surface area contributed by atoms with E-state index in [1.54, 1.807) is 12.4 Å². The predicted molar refractivity (Wildman–Crippen MR) is 115 cm³/mol. The summed E-state index contributed by atoms with van der Waals surface area (Å²) in [6, 6.07) is 13.3. The van der Waals surface area contributed by atoms with E-state index in [0.717, 1.165) is 30.6 Å². The molecule has 2 N–H and O–H groups in total. The lowest BCUT2D eigenvalue weighted by atomic mass is 10.2. The number of hydrogen-bond donors (Lipinski definition) is 2. The number of pyridine rings is 3. The molecular formula is C22H19N7O2. The molecule has 0 amide bonds. The summed E-state index contributed by atoms with van der Waals surface area (Å²) < 4.78 is 7.07. The zero-order chi connectivity index (χ0) is 21.2. The van der Waals surface area contributed by atoms with Crippen molar-refractivity contribution in [1.82, 2.24) is 19.5 Å². The fraction of sp³-hybridized carbons (Fsp3) is 0.227. The van der Waals surface area contributed by atoms with Gasteiger partial charge in [-0.2, -0.15) is 10.2 Å². The summed E-state index contributed by atoms with van der Waals surface area (Å²) in [5.74, 6) is 0.741. The molecule has 1 fully saturated rings. The highest BCUT2D eigenvalue weighted by Gasteiger charge is 2.26. The van der Waals surface area contributed by atoms with Crippen molar-refractivity contribution in [2.24, 2.45) is 0 Å². The molecule has 31 heavy (non-hydrogen) atoms. The number of nitriles is 1. The van der Waals surface area contributed by atoms with Crippen LogP contribution < -0.4 is 16.2 Å².